The van der Waals surface area contributed by atoms with Gasteiger partial charge in [0.2, 0.25) is 5.91 Å². The molecular formula is C22H21ClF2N4O2S. The van der Waals surface area contributed by atoms with Crippen molar-refractivity contribution >= 4 is 35.0 Å². The predicted octanol–water partition coefficient (Wildman–Crippen LogP) is 5.57. The Morgan fingerprint density at radius 2 is 2.09 bits per heavy atom. The minimum absolute atomic E-state index is 0.0440. The maximum Gasteiger partial charge on any atom is 0.234 e. The third-order valence-corrected chi connectivity index (χ3v) is 5.60. The SMILES string of the molecule is C=CCn1c(SCC(=O)Nc2ccc(F)cc2F)nnc1C(C)Oc1ccc(Cl)cc1C. The van der Waals surface area contributed by atoms with E-state index in [4.69, 9.17) is 16.3 Å². The fourth-order valence-corrected chi connectivity index (χ4v) is 3.89. The summed E-state index contributed by atoms with van der Waals surface area (Å²) >= 11 is 7.13. The van der Waals surface area contributed by atoms with E-state index >= 15 is 0 Å². The van der Waals surface area contributed by atoms with Crippen LogP contribution in [0.2, 0.25) is 5.02 Å². The van der Waals surface area contributed by atoms with Gasteiger partial charge in [-0.25, -0.2) is 8.78 Å². The molecule has 32 heavy (non-hydrogen) atoms. The maximum absolute atomic E-state index is 13.7. The first-order valence-corrected chi connectivity index (χ1v) is 11.0. The second-order valence-electron chi connectivity index (χ2n) is 6.87. The molecule has 1 heterocycles. The highest BCUT2D eigenvalue weighted by atomic mass is 35.5. The molecule has 2 aromatic carbocycles. The van der Waals surface area contributed by atoms with Crippen LogP contribution in [0.3, 0.4) is 0 Å². The molecule has 0 radical (unpaired) electrons. The van der Waals surface area contributed by atoms with E-state index in [2.05, 4.69) is 22.1 Å². The zero-order valence-corrected chi connectivity index (χ0v) is 19.0. The van der Waals surface area contributed by atoms with Gasteiger partial charge in [0.25, 0.3) is 0 Å². The third-order valence-electron chi connectivity index (χ3n) is 4.40. The third kappa shape index (κ3) is 5.86. The van der Waals surface area contributed by atoms with Gasteiger partial charge < -0.3 is 10.1 Å². The van der Waals surface area contributed by atoms with Gasteiger partial charge in [-0.1, -0.05) is 29.4 Å². The first kappa shape index (κ1) is 23.7. The quantitative estimate of drug-likeness (QED) is 0.321. The van der Waals surface area contributed by atoms with E-state index < -0.39 is 23.6 Å². The van der Waals surface area contributed by atoms with Crippen LogP contribution in [0.4, 0.5) is 14.5 Å². The number of halogens is 3. The highest BCUT2D eigenvalue weighted by molar-refractivity contribution is 7.99. The van der Waals surface area contributed by atoms with Crippen LogP contribution < -0.4 is 10.1 Å². The monoisotopic (exact) mass is 478 g/mol. The number of nitrogens with zero attached hydrogens (tertiary/aromatic N) is 3. The van der Waals surface area contributed by atoms with E-state index in [1.54, 1.807) is 22.8 Å². The Morgan fingerprint density at radius 3 is 2.78 bits per heavy atom. The van der Waals surface area contributed by atoms with Gasteiger partial charge in [-0.3, -0.25) is 9.36 Å². The van der Waals surface area contributed by atoms with Crippen molar-refractivity contribution in [2.45, 2.75) is 31.7 Å². The lowest BCUT2D eigenvalue weighted by molar-refractivity contribution is -0.113. The second kappa shape index (κ2) is 10.6. The molecule has 168 valence electrons. The van der Waals surface area contributed by atoms with Crippen LogP contribution in [-0.2, 0) is 11.3 Å². The highest BCUT2D eigenvalue weighted by Gasteiger charge is 2.20. The number of anilines is 1. The highest BCUT2D eigenvalue weighted by Crippen LogP contribution is 2.28. The zero-order chi connectivity index (χ0) is 23.3. The molecule has 3 rings (SSSR count). The molecule has 0 saturated carbocycles. The van der Waals surface area contributed by atoms with Gasteiger partial charge in [0.05, 0.1) is 11.4 Å². The molecule has 6 nitrogen and oxygen atoms in total. The molecule has 0 aliphatic rings. The summed E-state index contributed by atoms with van der Waals surface area (Å²) in [4.78, 5) is 12.2. The molecule has 0 aliphatic heterocycles. The lowest BCUT2D eigenvalue weighted by Crippen LogP contribution is -2.16. The summed E-state index contributed by atoms with van der Waals surface area (Å²) in [7, 11) is 0. The number of amides is 1. The standard InChI is InChI=1S/C22H21ClF2N4O2S/c1-4-9-29-21(14(3)31-19-8-5-15(23)10-13(19)2)27-28-22(29)32-12-20(30)26-18-7-6-16(24)11-17(18)25/h4-8,10-11,14H,1,9,12H2,2-3H3,(H,26,30). The van der Waals surface area contributed by atoms with E-state index in [-0.39, 0.29) is 11.4 Å². The summed E-state index contributed by atoms with van der Waals surface area (Å²) in [6.07, 6.45) is 1.25. The molecule has 0 aliphatic carbocycles. The second-order valence-corrected chi connectivity index (χ2v) is 8.25. The Kier molecular flexibility index (Phi) is 7.87. The average Bonchev–Trinajstić information content (AvgIpc) is 3.13. The molecule has 1 atom stereocenters. The predicted molar refractivity (Wildman–Crippen MR) is 121 cm³/mol. The summed E-state index contributed by atoms with van der Waals surface area (Å²) < 4.78 is 34.6. The molecule has 10 heteroatoms. The molecule has 1 unspecified atom stereocenters. The first-order valence-electron chi connectivity index (χ1n) is 9.63. The van der Waals surface area contributed by atoms with Crippen LogP contribution in [0, 0.1) is 18.6 Å². The number of carbonyl (C=O) groups is 1. The van der Waals surface area contributed by atoms with E-state index in [9.17, 15) is 13.6 Å². The minimum atomic E-state index is -0.844. The number of benzene rings is 2. The summed E-state index contributed by atoms with van der Waals surface area (Å²) in [5, 5.41) is 11.9. The van der Waals surface area contributed by atoms with E-state index in [0.717, 1.165) is 23.4 Å². The number of aryl methyl sites for hydroxylation is 1. The Bertz CT molecular complexity index is 1140. The Labute approximate surface area is 193 Å². The van der Waals surface area contributed by atoms with Gasteiger partial charge in [0.15, 0.2) is 17.1 Å². The number of rotatable bonds is 9. The smallest absolute Gasteiger partial charge is 0.234 e. The van der Waals surface area contributed by atoms with Crippen LogP contribution >= 0.6 is 23.4 Å². The summed E-state index contributed by atoms with van der Waals surface area (Å²) in [6.45, 7) is 7.91. The molecule has 1 aromatic heterocycles. The number of hydrogen-bond acceptors (Lipinski definition) is 5. The normalized spacial score (nSPS) is 11.8. The molecular weight excluding hydrogens is 458 g/mol. The van der Waals surface area contributed by atoms with Crippen molar-refractivity contribution in [2.24, 2.45) is 0 Å². The van der Waals surface area contributed by atoms with Crippen molar-refractivity contribution in [2.75, 3.05) is 11.1 Å². The number of allylic oxidation sites excluding steroid dienone is 1. The van der Waals surface area contributed by atoms with Crippen molar-refractivity contribution in [1.82, 2.24) is 14.8 Å². The summed E-state index contributed by atoms with van der Waals surface area (Å²) in [6, 6.07) is 8.29. The first-order chi connectivity index (χ1) is 15.3. The number of nitrogens with one attached hydrogen (secondary N) is 1. The molecule has 0 spiro atoms. The van der Waals surface area contributed by atoms with Crippen LogP contribution in [0.1, 0.15) is 24.4 Å². The fraction of sp³-hybridized carbons (Fsp3) is 0.227. The number of ether oxygens (including phenoxy) is 1. The number of carbonyl (C=O) groups excluding carboxylic acids is 1. The Balaban J connectivity index is 1.69. The topological polar surface area (TPSA) is 69.0 Å². The zero-order valence-electron chi connectivity index (χ0n) is 17.4. The van der Waals surface area contributed by atoms with Crippen LogP contribution in [0.25, 0.3) is 0 Å². The maximum atomic E-state index is 13.7. The minimum Gasteiger partial charge on any atom is -0.482 e. The number of hydrogen-bond donors (Lipinski definition) is 1. The van der Waals surface area contributed by atoms with Crippen molar-refractivity contribution in [3.8, 4) is 5.75 Å². The van der Waals surface area contributed by atoms with Gasteiger partial charge in [0.1, 0.15) is 17.4 Å². The number of thioether (sulfide) groups is 1. The fourth-order valence-electron chi connectivity index (χ4n) is 2.90. The molecule has 1 N–H and O–H groups in total. The van der Waals surface area contributed by atoms with Gasteiger partial charge in [-0.2, -0.15) is 0 Å². The van der Waals surface area contributed by atoms with Crippen molar-refractivity contribution in [3.05, 3.63) is 77.1 Å². The molecule has 0 bridgehead atoms. The lowest BCUT2D eigenvalue weighted by Gasteiger charge is -2.17. The van der Waals surface area contributed by atoms with Crippen LogP contribution in [-0.4, -0.2) is 26.4 Å². The molecule has 1 amide bonds. The van der Waals surface area contributed by atoms with Gasteiger partial charge >= 0.3 is 0 Å². The van der Waals surface area contributed by atoms with E-state index in [1.165, 1.54) is 6.07 Å². The average molecular weight is 479 g/mol. The number of aromatic nitrogens is 3. The van der Waals surface area contributed by atoms with Gasteiger partial charge in [0, 0.05) is 17.6 Å². The summed E-state index contributed by atoms with van der Waals surface area (Å²) in [5.41, 5.74) is 0.795. The largest absolute Gasteiger partial charge is 0.482 e. The van der Waals surface area contributed by atoms with E-state index in [0.29, 0.717) is 34.4 Å². The van der Waals surface area contributed by atoms with Crippen molar-refractivity contribution in [3.63, 3.8) is 0 Å². The Morgan fingerprint density at radius 1 is 1.31 bits per heavy atom. The van der Waals surface area contributed by atoms with Crippen molar-refractivity contribution < 1.29 is 18.3 Å². The van der Waals surface area contributed by atoms with Gasteiger partial charge in [-0.15, -0.1) is 16.8 Å². The van der Waals surface area contributed by atoms with Crippen LogP contribution in [0.5, 0.6) is 5.75 Å². The van der Waals surface area contributed by atoms with Crippen LogP contribution in [0.15, 0.2) is 54.2 Å². The lowest BCUT2D eigenvalue weighted by atomic mass is 10.2. The van der Waals surface area contributed by atoms with E-state index in [1.807, 2.05) is 19.9 Å². The summed E-state index contributed by atoms with van der Waals surface area (Å²) in [5.74, 6) is -0.834. The molecule has 0 saturated heterocycles. The van der Waals surface area contributed by atoms with Crippen molar-refractivity contribution in [1.29, 1.82) is 0 Å². The molecule has 0 fully saturated rings. The molecule has 3 aromatic rings. The Hall–Kier alpha value is -2.91. The van der Waals surface area contributed by atoms with Gasteiger partial charge in [-0.05, 0) is 49.7 Å².